The lowest BCUT2D eigenvalue weighted by Gasteiger charge is -2.37. The number of fused-ring (bicyclic) bond motifs is 1. The smallest absolute Gasteiger partial charge is 0.234 e. The third-order valence-corrected chi connectivity index (χ3v) is 16.6. The summed E-state index contributed by atoms with van der Waals surface area (Å²) in [5, 5.41) is 8.49. The molecule has 0 spiro atoms. The second kappa shape index (κ2) is 10.4. The number of allylic oxidation sites excluding steroid dienone is 2. The van der Waals surface area contributed by atoms with Gasteiger partial charge in [0.05, 0.1) is 24.6 Å². The van der Waals surface area contributed by atoms with Gasteiger partial charge in [0.15, 0.2) is 16.6 Å². The summed E-state index contributed by atoms with van der Waals surface area (Å²) in [6.07, 6.45) is 8.39. The molecule has 2 aliphatic rings. The van der Waals surface area contributed by atoms with Crippen LogP contribution >= 0.6 is 0 Å². The minimum absolute atomic E-state index is 0.0215. The molecular weight excluding hydrogens is 460 g/mol. The van der Waals surface area contributed by atoms with E-state index in [1.165, 1.54) is 4.90 Å². The molecule has 0 bridgehead atoms. The quantitative estimate of drug-likeness (QED) is 0.228. The van der Waals surface area contributed by atoms with Gasteiger partial charge in [-0.15, -0.1) is 18.3 Å². The summed E-state index contributed by atoms with van der Waals surface area (Å²) in [5.41, 5.74) is 1.29. The van der Waals surface area contributed by atoms with Crippen molar-refractivity contribution in [2.45, 2.75) is 84.0 Å². The second-order valence-electron chi connectivity index (χ2n) is 11.2. The van der Waals surface area contributed by atoms with Crippen molar-refractivity contribution in [3.63, 3.8) is 0 Å². The van der Waals surface area contributed by atoms with Crippen molar-refractivity contribution in [1.29, 1.82) is 0 Å². The lowest BCUT2D eigenvalue weighted by atomic mass is 9.89. The van der Waals surface area contributed by atoms with E-state index in [4.69, 9.17) is 4.12 Å². The van der Waals surface area contributed by atoms with E-state index in [0.29, 0.717) is 11.2 Å². The summed E-state index contributed by atoms with van der Waals surface area (Å²) in [6, 6.07) is 1.06. The normalized spacial score (nSPS) is 26.1. The molecule has 0 aromatic carbocycles. The monoisotopic (exact) mass is 502 g/mol. The Kier molecular flexibility index (Phi) is 8.19. The van der Waals surface area contributed by atoms with Gasteiger partial charge in [-0.05, 0) is 62.5 Å². The Morgan fingerprint density at radius 1 is 1.15 bits per heavy atom. The first-order chi connectivity index (χ1) is 15.9. The predicted octanol–water partition coefficient (Wildman–Crippen LogP) is 5.00. The van der Waals surface area contributed by atoms with Gasteiger partial charge >= 0.3 is 0 Å². The minimum atomic E-state index is -1.76. The minimum Gasteiger partial charge on any atom is -0.455 e. The molecule has 1 aliphatic heterocycles. The van der Waals surface area contributed by atoms with Crippen LogP contribution in [-0.2, 0) is 26.8 Å². The Labute approximate surface area is 206 Å². The summed E-state index contributed by atoms with van der Waals surface area (Å²) in [4.78, 5) is 27.5. The van der Waals surface area contributed by atoms with E-state index < -0.39 is 16.6 Å². The molecule has 1 saturated heterocycles. The highest BCUT2D eigenvalue weighted by atomic mass is 28.4. The van der Waals surface area contributed by atoms with E-state index in [1.807, 2.05) is 23.0 Å². The molecule has 34 heavy (non-hydrogen) atoms. The summed E-state index contributed by atoms with van der Waals surface area (Å²) in [5.74, 6) is -0.827. The number of rotatable bonds is 12. The highest BCUT2D eigenvalue weighted by Crippen LogP contribution is 2.48. The van der Waals surface area contributed by atoms with Crippen LogP contribution in [0.4, 0.5) is 0 Å². The molecule has 1 saturated carbocycles. The zero-order valence-electron chi connectivity index (χ0n) is 21.8. The van der Waals surface area contributed by atoms with Crippen molar-refractivity contribution in [3.05, 3.63) is 37.2 Å². The molecule has 2 amide bonds. The number of carbonyl (C=O) groups is 2. The Hall–Kier alpha value is -1.85. The topological polar surface area (TPSA) is 77.3 Å². The summed E-state index contributed by atoms with van der Waals surface area (Å²) in [7, 11) is -3.44. The maximum atomic E-state index is 13.1. The van der Waals surface area contributed by atoms with Gasteiger partial charge in [-0.25, -0.2) is 0 Å². The molecule has 2 fully saturated rings. The fraction of sp³-hybridized carbons (Fsp3) is 0.680. The Bertz CT molecular complexity index is 897. The number of aromatic nitrogens is 3. The average Bonchev–Trinajstić information content (AvgIpc) is 3.44. The SMILES string of the molecule is C=CC1CC(C=C)C2C(=O)N(Cc3cn(CCC[Si](C)(C)O[Si](C)(C)C(C)CC)nn3)C(=O)C12. The predicted molar refractivity (Wildman–Crippen MR) is 140 cm³/mol. The summed E-state index contributed by atoms with van der Waals surface area (Å²) >= 11 is 0. The van der Waals surface area contributed by atoms with Crippen LogP contribution in [0.3, 0.4) is 0 Å². The number of imide groups is 1. The van der Waals surface area contributed by atoms with Crippen LogP contribution in [0.25, 0.3) is 0 Å². The van der Waals surface area contributed by atoms with E-state index in [2.05, 4.69) is 63.5 Å². The first kappa shape index (κ1) is 26.8. The van der Waals surface area contributed by atoms with E-state index in [-0.39, 0.29) is 42.0 Å². The fourth-order valence-corrected chi connectivity index (χ4v) is 14.5. The van der Waals surface area contributed by atoms with E-state index >= 15 is 0 Å². The van der Waals surface area contributed by atoms with Crippen molar-refractivity contribution in [2.24, 2.45) is 23.7 Å². The van der Waals surface area contributed by atoms with Crippen LogP contribution < -0.4 is 0 Å². The highest BCUT2D eigenvalue weighted by molar-refractivity contribution is 6.85. The molecule has 5 unspecified atom stereocenters. The standard InChI is InChI=1S/C25H42N4O3Si2/c1-9-18(4)34(7,8)32-33(5,6)14-12-13-28-16-21(26-27-28)17-29-24(30)22-19(10-2)15-20(11-3)23(22)25(29)31/h10-11,16,18-20,22-23H,2-3,9,12-15,17H2,1,4-8H3. The van der Waals surface area contributed by atoms with Crippen LogP contribution in [0.15, 0.2) is 31.5 Å². The molecule has 5 atom stereocenters. The molecule has 0 radical (unpaired) electrons. The van der Waals surface area contributed by atoms with Crippen LogP contribution in [-0.4, -0.2) is 48.3 Å². The number of carbonyl (C=O) groups excluding carboxylic acids is 2. The number of hydrogen-bond donors (Lipinski definition) is 0. The van der Waals surface area contributed by atoms with Crippen LogP contribution in [0, 0.1) is 23.7 Å². The molecule has 0 N–H and O–H groups in total. The van der Waals surface area contributed by atoms with E-state index in [0.717, 1.165) is 31.9 Å². The molecule has 188 valence electrons. The van der Waals surface area contributed by atoms with Crippen LogP contribution in [0.5, 0.6) is 0 Å². The van der Waals surface area contributed by atoms with Gasteiger partial charge in [0.1, 0.15) is 5.69 Å². The molecule has 2 heterocycles. The number of likely N-dealkylation sites (tertiary alicyclic amines) is 1. The zero-order valence-corrected chi connectivity index (χ0v) is 23.8. The van der Waals surface area contributed by atoms with Crippen molar-refractivity contribution in [2.75, 3.05) is 0 Å². The average molecular weight is 503 g/mol. The van der Waals surface area contributed by atoms with Crippen molar-refractivity contribution < 1.29 is 13.7 Å². The first-order valence-corrected chi connectivity index (χ1v) is 18.7. The maximum Gasteiger partial charge on any atom is 0.234 e. The zero-order chi connectivity index (χ0) is 25.3. The second-order valence-corrected chi connectivity index (χ2v) is 20.2. The molecular formula is C25H42N4O3Si2. The van der Waals surface area contributed by atoms with E-state index in [9.17, 15) is 9.59 Å². The molecule has 1 aliphatic carbocycles. The van der Waals surface area contributed by atoms with Crippen molar-refractivity contribution in [1.82, 2.24) is 19.9 Å². The first-order valence-electron chi connectivity index (χ1n) is 12.6. The van der Waals surface area contributed by atoms with Crippen molar-refractivity contribution >= 4 is 28.4 Å². The van der Waals surface area contributed by atoms with Gasteiger partial charge in [0.2, 0.25) is 11.8 Å². The lowest BCUT2D eigenvalue weighted by molar-refractivity contribution is -0.141. The molecule has 3 rings (SSSR count). The van der Waals surface area contributed by atoms with Gasteiger partial charge in [-0.3, -0.25) is 19.2 Å². The van der Waals surface area contributed by atoms with Gasteiger partial charge in [0.25, 0.3) is 0 Å². The van der Waals surface area contributed by atoms with Gasteiger partial charge in [-0.1, -0.05) is 37.6 Å². The van der Waals surface area contributed by atoms with E-state index in [1.54, 1.807) is 0 Å². The maximum absolute atomic E-state index is 13.1. The van der Waals surface area contributed by atoms with Crippen LogP contribution in [0.1, 0.15) is 38.8 Å². The van der Waals surface area contributed by atoms with Gasteiger partial charge in [0, 0.05) is 6.54 Å². The molecule has 1 aromatic heterocycles. The number of amides is 2. The van der Waals surface area contributed by atoms with Gasteiger partial charge < -0.3 is 4.12 Å². The fourth-order valence-electron chi connectivity index (χ4n) is 5.63. The van der Waals surface area contributed by atoms with Gasteiger partial charge in [-0.2, -0.15) is 0 Å². The summed E-state index contributed by atoms with van der Waals surface area (Å²) < 4.78 is 8.56. The Morgan fingerprint density at radius 3 is 2.26 bits per heavy atom. The molecule has 7 nitrogen and oxygen atoms in total. The highest BCUT2D eigenvalue weighted by Gasteiger charge is 2.57. The molecule has 9 heteroatoms. The number of hydrogen-bond acceptors (Lipinski definition) is 5. The Morgan fingerprint density at radius 2 is 1.74 bits per heavy atom. The largest absolute Gasteiger partial charge is 0.455 e. The molecule has 1 aromatic rings. The van der Waals surface area contributed by atoms with Crippen molar-refractivity contribution in [3.8, 4) is 0 Å². The summed E-state index contributed by atoms with van der Waals surface area (Å²) in [6.45, 7) is 22.5. The third kappa shape index (κ3) is 5.52. The Balaban J connectivity index is 1.56. The number of aryl methyl sites for hydroxylation is 1. The van der Waals surface area contributed by atoms with Crippen LogP contribution in [0.2, 0.25) is 37.8 Å². The number of nitrogens with zero attached hydrogens (tertiary/aromatic N) is 4. The lowest BCUT2D eigenvalue weighted by Crippen LogP contribution is -2.46. The third-order valence-electron chi connectivity index (χ3n) is 7.97.